The van der Waals surface area contributed by atoms with Crippen molar-refractivity contribution in [3.8, 4) is 0 Å². The Bertz CT molecular complexity index is 608. The first kappa shape index (κ1) is 14.6. The quantitative estimate of drug-likeness (QED) is 0.895. The maximum absolute atomic E-state index is 11.6. The van der Waals surface area contributed by atoms with E-state index >= 15 is 0 Å². The van der Waals surface area contributed by atoms with Crippen molar-refractivity contribution >= 4 is 27.5 Å². The third-order valence-corrected chi connectivity index (χ3v) is 3.64. The number of nitrogens with one attached hydrogen (secondary N) is 2. The van der Waals surface area contributed by atoms with Crippen LogP contribution < -0.4 is 10.6 Å². The first-order valence-corrected chi connectivity index (χ1v) is 7.20. The maximum atomic E-state index is 11.6. The molecule has 0 aliphatic heterocycles. The van der Waals surface area contributed by atoms with Gasteiger partial charge in [-0.3, -0.25) is 4.79 Å². The third-order valence-electron chi connectivity index (χ3n) is 3.11. The van der Waals surface area contributed by atoms with Crippen molar-refractivity contribution in [3.05, 3.63) is 63.6 Å². The molecule has 2 N–H and O–H groups in total. The van der Waals surface area contributed by atoms with Crippen molar-refractivity contribution in [2.45, 2.75) is 13.5 Å². The average Bonchev–Trinajstić information content (AvgIpc) is 2.46. The van der Waals surface area contributed by atoms with E-state index in [1.165, 1.54) is 5.56 Å². The number of hydrogen-bond donors (Lipinski definition) is 2. The van der Waals surface area contributed by atoms with Crippen molar-refractivity contribution in [2.24, 2.45) is 0 Å². The number of anilines is 1. The van der Waals surface area contributed by atoms with Crippen LogP contribution in [0.15, 0.2) is 46.9 Å². The summed E-state index contributed by atoms with van der Waals surface area (Å²) < 4.78 is 1.08. The van der Waals surface area contributed by atoms with Crippen molar-refractivity contribution < 1.29 is 4.79 Å². The molecule has 0 heterocycles. The molecule has 1 amide bonds. The summed E-state index contributed by atoms with van der Waals surface area (Å²) in [7, 11) is 1.64. The van der Waals surface area contributed by atoms with E-state index in [0.717, 1.165) is 22.3 Å². The second-order valence-corrected chi connectivity index (χ2v) is 5.50. The Hall–Kier alpha value is -1.81. The van der Waals surface area contributed by atoms with Crippen LogP contribution in [-0.2, 0) is 6.54 Å². The molecule has 0 unspecified atom stereocenters. The molecular formula is C16H17BrN2O. The van der Waals surface area contributed by atoms with Gasteiger partial charge in [-0.25, -0.2) is 0 Å². The Morgan fingerprint density at radius 3 is 2.45 bits per heavy atom. The highest BCUT2D eigenvalue weighted by Gasteiger charge is 2.05. The van der Waals surface area contributed by atoms with E-state index in [-0.39, 0.29) is 5.91 Å². The van der Waals surface area contributed by atoms with Gasteiger partial charge in [-0.15, -0.1) is 0 Å². The number of rotatable bonds is 4. The van der Waals surface area contributed by atoms with Gasteiger partial charge >= 0.3 is 0 Å². The highest BCUT2D eigenvalue weighted by molar-refractivity contribution is 9.10. The molecule has 104 valence electrons. The van der Waals surface area contributed by atoms with Crippen LogP contribution in [0.1, 0.15) is 21.5 Å². The predicted octanol–water partition coefficient (Wildman–Crippen LogP) is 3.73. The monoisotopic (exact) mass is 332 g/mol. The Labute approximate surface area is 127 Å². The van der Waals surface area contributed by atoms with Crippen LogP contribution in [0.2, 0.25) is 0 Å². The largest absolute Gasteiger partial charge is 0.381 e. The Morgan fingerprint density at radius 2 is 1.85 bits per heavy atom. The molecule has 0 atom stereocenters. The van der Waals surface area contributed by atoms with E-state index in [1.807, 2.05) is 37.3 Å². The SMILES string of the molecule is CNC(=O)c1ccc(NCc2ccc(Br)cc2)c(C)c1. The lowest BCUT2D eigenvalue weighted by Crippen LogP contribution is -2.17. The third kappa shape index (κ3) is 3.61. The summed E-state index contributed by atoms with van der Waals surface area (Å²) in [6.45, 7) is 2.75. The van der Waals surface area contributed by atoms with Crippen molar-refractivity contribution in [1.82, 2.24) is 5.32 Å². The van der Waals surface area contributed by atoms with Gasteiger partial charge < -0.3 is 10.6 Å². The highest BCUT2D eigenvalue weighted by Crippen LogP contribution is 2.18. The molecule has 0 fully saturated rings. The number of amides is 1. The molecule has 3 nitrogen and oxygen atoms in total. The van der Waals surface area contributed by atoms with Crippen LogP contribution in [0.5, 0.6) is 0 Å². The number of carbonyl (C=O) groups is 1. The Morgan fingerprint density at radius 1 is 1.15 bits per heavy atom. The van der Waals surface area contributed by atoms with Crippen LogP contribution in [0.25, 0.3) is 0 Å². The van der Waals surface area contributed by atoms with Gasteiger partial charge in [-0.1, -0.05) is 28.1 Å². The molecule has 0 aliphatic rings. The Kier molecular flexibility index (Phi) is 4.79. The van der Waals surface area contributed by atoms with Gasteiger partial charge in [0.25, 0.3) is 5.91 Å². The summed E-state index contributed by atoms with van der Waals surface area (Å²) in [6.07, 6.45) is 0. The van der Waals surface area contributed by atoms with Crippen LogP contribution >= 0.6 is 15.9 Å². The van der Waals surface area contributed by atoms with Gasteiger partial charge in [0, 0.05) is 29.3 Å². The number of benzene rings is 2. The maximum Gasteiger partial charge on any atom is 0.251 e. The zero-order chi connectivity index (χ0) is 14.5. The molecule has 0 saturated heterocycles. The van der Waals surface area contributed by atoms with E-state index in [2.05, 4.69) is 38.7 Å². The summed E-state index contributed by atoms with van der Waals surface area (Å²) in [5.74, 6) is -0.0624. The molecule has 0 spiro atoms. The summed E-state index contributed by atoms with van der Waals surface area (Å²) in [4.78, 5) is 11.6. The summed E-state index contributed by atoms with van der Waals surface area (Å²) in [5.41, 5.74) is 3.99. The van der Waals surface area contributed by atoms with Crippen LogP contribution in [-0.4, -0.2) is 13.0 Å². The molecule has 2 aromatic carbocycles. The smallest absolute Gasteiger partial charge is 0.251 e. The summed E-state index contributed by atoms with van der Waals surface area (Å²) in [5, 5.41) is 6.01. The number of halogens is 1. The van der Waals surface area contributed by atoms with Gasteiger partial charge in [-0.05, 0) is 48.4 Å². The zero-order valence-electron chi connectivity index (χ0n) is 11.5. The first-order chi connectivity index (χ1) is 9.60. The van der Waals surface area contributed by atoms with Gasteiger partial charge in [0.15, 0.2) is 0 Å². The molecule has 20 heavy (non-hydrogen) atoms. The van der Waals surface area contributed by atoms with E-state index in [4.69, 9.17) is 0 Å². The van der Waals surface area contributed by atoms with E-state index in [1.54, 1.807) is 7.05 Å². The van der Waals surface area contributed by atoms with Gasteiger partial charge in [0.1, 0.15) is 0 Å². The molecule has 0 bridgehead atoms. The van der Waals surface area contributed by atoms with Crippen molar-refractivity contribution in [3.63, 3.8) is 0 Å². The lowest BCUT2D eigenvalue weighted by molar-refractivity contribution is 0.0963. The molecule has 4 heteroatoms. The van der Waals surface area contributed by atoms with Crippen LogP contribution in [0.4, 0.5) is 5.69 Å². The molecule has 0 saturated carbocycles. The minimum Gasteiger partial charge on any atom is -0.381 e. The predicted molar refractivity (Wildman–Crippen MR) is 86.0 cm³/mol. The van der Waals surface area contributed by atoms with E-state index in [0.29, 0.717) is 5.56 Å². The van der Waals surface area contributed by atoms with Crippen LogP contribution in [0.3, 0.4) is 0 Å². The van der Waals surface area contributed by atoms with Crippen molar-refractivity contribution in [2.75, 3.05) is 12.4 Å². The molecular weight excluding hydrogens is 316 g/mol. The van der Waals surface area contributed by atoms with Crippen LogP contribution in [0, 0.1) is 6.92 Å². The van der Waals surface area contributed by atoms with Gasteiger partial charge in [0.2, 0.25) is 0 Å². The minimum atomic E-state index is -0.0624. The summed E-state index contributed by atoms with van der Waals surface area (Å²) >= 11 is 3.42. The second kappa shape index (κ2) is 6.57. The van der Waals surface area contributed by atoms with E-state index < -0.39 is 0 Å². The normalized spacial score (nSPS) is 10.2. The highest BCUT2D eigenvalue weighted by atomic mass is 79.9. The molecule has 0 aromatic heterocycles. The lowest BCUT2D eigenvalue weighted by atomic mass is 10.1. The van der Waals surface area contributed by atoms with Crippen molar-refractivity contribution in [1.29, 1.82) is 0 Å². The number of aryl methyl sites for hydroxylation is 1. The summed E-state index contributed by atoms with van der Waals surface area (Å²) in [6, 6.07) is 13.9. The number of carbonyl (C=O) groups excluding carboxylic acids is 1. The fourth-order valence-corrected chi connectivity index (χ4v) is 2.21. The van der Waals surface area contributed by atoms with E-state index in [9.17, 15) is 4.79 Å². The average molecular weight is 333 g/mol. The lowest BCUT2D eigenvalue weighted by Gasteiger charge is -2.11. The van der Waals surface area contributed by atoms with Gasteiger partial charge in [0.05, 0.1) is 0 Å². The minimum absolute atomic E-state index is 0.0624. The van der Waals surface area contributed by atoms with Gasteiger partial charge in [-0.2, -0.15) is 0 Å². The fraction of sp³-hybridized carbons (Fsp3) is 0.188. The second-order valence-electron chi connectivity index (χ2n) is 4.59. The topological polar surface area (TPSA) is 41.1 Å². The fourth-order valence-electron chi connectivity index (χ4n) is 1.95. The zero-order valence-corrected chi connectivity index (χ0v) is 13.1. The molecule has 0 aliphatic carbocycles. The molecule has 2 rings (SSSR count). The number of hydrogen-bond acceptors (Lipinski definition) is 2. The Balaban J connectivity index is 2.06. The first-order valence-electron chi connectivity index (χ1n) is 6.41. The standard InChI is InChI=1S/C16H17BrN2O/c1-11-9-13(16(20)18-2)5-8-15(11)19-10-12-3-6-14(17)7-4-12/h3-9,19H,10H2,1-2H3,(H,18,20). The molecule has 0 radical (unpaired) electrons. The molecule has 2 aromatic rings.